The summed E-state index contributed by atoms with van der Waals surface area (Å²) >= 11 is 0. The van der Waals surface area contributed by atoms with Gasteiger partial charge in [-0.25, -0.2) is 0 Å². The molecule has 2 aliphatic heterocycles. The first-order valence-corrected chi connectivity index (χ1v) is 17.3. The third kappa shape index (κ3) is 9.64. The van der Waals surface area contributed by atoms with Crippen molar-refractivity contribution in [3.8, 4) is 0 Å². The number of hydrogen-bond donors (Lipinski definition) is 2. The molecule has 0 saturated carbocycles. The molecule has 2 aliphatic rings. The van der Waals surface area contributed by atoms with Crippen LogP contribution in [0, 0.1) is 21.4 Å². The molecule has 12 nitrogen and oxygen atoms in total. The molecule has 1 aromatic rings. The largest absolute Gasteiger partial charge is 0.350 e. The highest BCUT2D eigenvalue weighted by Crippen LogP contribution is 2.27. The molecule has 0 spiro atoms. The van der Waals surface area contributed by atoms with Crippen LogP contribution in [0.5, 0.6) is 0 Å². The van der Waals surface area contributed by atoms with Crippen LogP contribution in [0.4, 0.5) is 5.69 Å². The summed E-state index contributed by atoms with van der Waals surface area (Å²) in [6, 6.07) is 4.09. The molecule has 1 unspecified atom stereocenters. The number of likely N-dealkylation sites (N-methyl/N-ethyl adjacent to an activating group) is 1. The monoisotopic (exact) mass is 668 g/mol. The molecule has 2 N–H and O–H groups in total. The lowest BCUT2D eigenvalue weighted by molar-refractivity contribution is -0.384. The van der Waals surface area contributed by atoms with E-state index in [4.69, 9.17) is 0 Å². The number of carbonyl (C=O) groups is 4. The molecule has 4 atom stereocenters. The lowest BCUT2D eigenvalue weighted by atomic mass is 9.84. The molecule has 0 aromatic heterocycles. The third-order valence-corrected chi connectivity index (χ3v) is 9.58. The van der Waals surface area contributed by atoms with Crippen LogP contribution in [-0.4, -0.2) is 93.6 Å². The van der Waals surface area contributed by atoms with Crippen LogP contribution < -0.4 is 10.6 Å². The maximum Gasteiger partial charge on any atom is 0.269 e. The van der Waals surface area contributed by atoms with E-state index in [1.165, 1.54) is 12.1 Å². The van der Waals surface area contributed by atoms with Gasteiger partial charge in [-0.15, -0.1) is 0 Å². The van der Waals surface area contributed by atoms with Gasteiger partial charge in [0, 0.05) is 43.9 Å². The number of nitrogens with zero attached hydrogens (tertiary/aromatic N) is 4. The Balaban J connectivity index is 1.73. The average Bonchev–Trinajstić information content (AvgIpc) is 3.53. The van der Waals surface area contributed by atoms with Crippen LogP contribution in [-0.2, 0) is 25.7 Å². The summed E-state index contributed by atoms with van der Waals surface area (Å²) in [5.74, 6) is -0.923. The summed E-state index contributed by atoms with van der Waals surface area (Å²) < 4.78 is 0. The molecule has 2 saturated heterocycles. The van der Waals surface area contributed by atoms with Gasteiger partial charge in [-0.1, -0.05) is 59.2 Å². The maximum absolute atomic E-state index is 14.1. The van der Waals surface area contributed by atoms with Crippen molar-refractivity contribution in [3.05, 3.63) is 51.6 Å². The Labute approximate surface area is 285 Å². The second kappa shape index (κ2) is 16.5. The molecule has 12 heteroatoms. The van der Waals surface area contributed by atoms with E-state index in [0.717, 1.165) is 25.8 Å². The molecule has 1 aromatic carbocycles. The Morgan fingerprint density at radius 2 is 1.60 bits per heavy atom. The van der Waals surface area contributed by atoms with E-state index >= 15 is 0 Å². The lowest BCUT2D eigenvalue weighted by Gasteiger charge is -2.41. The van der Waals surface area contributed by atoms with Gasteiger partial charge in [-0.2, -0.15) is 0 Å². The molecule has 4 amide bonds. The van der Waals surface area contributed by atoms with E-state index in [1.54, 1.807) is 42.0 Å². The molecule has 2 heterocycles. The maximum atomic E-state index is 14.1. The fourth-order valence-electron chi connectivity index (χ4n) is 6.72. The normalized spacial score (nSPS) is 20.4. The fraction of sp³-hybridized carbons (Fsp3) is 0.667. The van der Waals surface area contributed by atoms with Gasteiger partial charge in [0.2, 0.25) is 23.6 Å². The highest BCUT2D eigenvalue weighted by atomic mass is 16.6. The van der Waals surface area contributed by atoms with Crippen molar-refractivity contribution in [3.63, 3.8) is 0 Å². The van der Waals surface area contributed by atoms with Crippen molar-refractivity contribution in [1.29, 1.82) is 0 Å². The zero-order valence-corrected chi connectivity index (χ0v) is 30.2. The third-order valence-electron chi connectivity index (χ3n) is 9.58. The summed E-state index contributed by atoms with van der Waals surface area (Å²) in [5, 5.41) is 16.9. The fourth-order valence-corrected chi connectivity index (χ4v) is 6.72. The van der Waals surface area contributed by atoms with Crippen molar-refractivity contribution >= 4 is 29.3 Å². The number of piperidine rings is 1. The lowest BCUT2D eigenvalue weighted by Crippen LogP contribution is -2.60. The van der Waals surface area contributed by atoms with Crippen molar-refractivity contribution in [2.75, 3.05) is 20.1 Å². The minimum atomic E-state index is -0.765. The first-order valence-electron chi connectivity index (χ1n) is 17.3. The van der Waals surface area contributed by atoms with Gasteiger partial charge in [0.1, 0.15) is 12.1 Å². The number of nitro groups is 1. The van der Waals surface area contributed by atoms with Crippen molar-refractivity contribution in [1.82, 2.24) is 25.3 Å². The average molecular weight is 669 g/mol. The standard InChI is InChI=1S/C36H56N6O6/c1-23(2)30(39(9)35(46)31(36(6,7)8)38-33(44)29-13-10-11-19-40(29)24(3)4)21-25(5)34(45)41-20-12-14-28(41)32(43)37-22-26-15-17-27(18-16-26)42(47)48/h15-18,21,23-24,28-31H,10-14,19-20,22H2,1-9H3,(H,37,43)(H,38,44)/t28-,29?,30+,31+/m0/s1. The number of likely N-dealkylation sites (tertiary alicyclic amines) is 2. The van der Waals surface area contributed by atoms with Crippen LogP contribution in [0.3, 0.4) is 0 Å². The molecule has 0 aliphatic carbocycles. The Bertz CT molecular complexity index is 1350. The Morgan fingerprint density at radius 1 is 0.979 bits per heavy atom. The van der Waals surface area contributed by atoms with Crippen LogP contribution in [0.1, 0.15) is 93.1 Å². The number of non-ortho nitro benzene ring substituents is 1. The molecule has 0 bridgehead atoms. The second-order valence-corrected chi connectivity index (χ2v) is 15.0. The van der Waals surface area contributed by atoms with E-state index in [1.807, 2.05) is 34.6 Å². The van der Waals surface area contributed by atoms with Gasteiger partial charge in [-0.05, 0) is 69.9 Å². The van der Waals surface area contributed by atoms with E-state index in [2.05, 4.69) is 29.4 Å². The van der Waals surface area contributed by atoms with Crippen LogP contribution in [0.15, 0.2) is 35.9 Å². The zero-order chi connectivity index (χ0) is 35.9. The number of amides is 4. The van der Waals surface area contributed by atoms with E-state index in [9.17, 15) is 29.3 Å². The molecular weight excluding hydrogens is 612 g/mol. The second-order valence-electron chi connectivity index (χ2n) is 15.0. The number of nitrogens with one attached hydrogen (secondary N) is 2. The summed E-state index contributed by atoms with van der Waals surface area (Å²) in [7, 11) is 1.72. The Kier molecular flexibility index (Phi) is 13.3. The smallest absolute Gasteiger partial charge is 0.269 e. The quantitative estimate of drug-likeness (QED) is 0.191. The van der Waals surface area contributed by atoms with E-state index < -0.39 is 28.5 Å². The number of benzene rings is 1. The SMILES string of the molecule is CC(=C[C@H](C(C)C)N(C)C(=O)[C@@H](NC(=O)C1CCCCN1C(C)C)C(C)(C)C)C(=O)N1CCC[C@H]1C(=O)NCc1ccc([N+](=O)[O-])cc1. The predicted molar refractivity (Wildman–Crippen MR) is 186 cm³/mol. The number of rotatable bonds is 12. The van der Waals surface area contributed by atoms with Gasteiger partial charge >= 0.3 is 0 Å². The summed E-state index contributed by atoms with van der Waals surface area (Å²) in [4.78, 5) is 70.6. The highest BCUT2D eigenvalue weighted by Gasteiger charge is 2.40. The Morgan fingerprint density at radius 3 is 2.17 bits per heavy atom. The van der Waals surface area contributed by atoms with Crippen LogP contribution in [0.2, 0.25) is 0 Å². The molecule has 3 rings (SSSR count). The first-order chi connectivity index (χ1) is 22.4. The van der Waals surface area contributed by atoms with Crippen LogP contribution >= 0.6 is 0 Å². The molecule has 2 fully saturated rings. The summed E-state index contributed by atoms with van der Waals surface area (Å²) in [6.45, 7) is 17.2. The minimum absolute atomic E-state index is 0.0250. The van der Waals surface area contributed by atoms with Gasteiger partial charge in [-0.3, -0.25) is 34.2 Å². The van der Waals surface area contributed by atoms with Crippen molar-refractivity contribution < 1.29 is 24.1 Å². The highest BCUT2D eigenvalue weighted by molar-refractivity contribution is 5.97. The number of nitro benzene ring substituents is 1. The molecule has 266 valence electrons. The topological polar surface area (TPSA) is 145 Å². The van der Waals surface area contributed by atoms with Crippen molar-refractivity contribution in [2.45, 2.75) is 124 Å². The van der Waals surface area contributed by atoms with E-state index in [-0.39, 0.29) is 53.9 Å². The molecule has 0 radical (unpaired) electrons. The molecule has 48 heavy (non-hydrogen) atoms. The minimum Gasteiger partial charge on any atom is -0.350 e. The van der Waals surface area contributed by atoms with E-state index in [0.29, 0.717) is 30.5 Å². The number of hydrogen-bond acceptors (Lipinski definition) is 7. The Hall–Kier alpha value is -3.80. The number of carbonyl (C=O) groups excluding carboxylic acids is 4. The van der Waals surface area contributed by atoms with Crippen molar-refractivity contribution in [2.24, 2.45) is 11.3 Å². The zero-order valence-electron chi connectivity index (χ0n) is 30.2. The van der Waals surface area contributed by atoms with Gasteiger partial charge in [0.15, 0.2) is 0 Å². The van der Waals surface area contributed by atoms with Gasteiger partial charge in [0.25, 0.3) is 5.69 Å². The van der Waals surface area contributed by atoms with Crippen LogP contribution in [0.25, 0.3) is 0 Å². The summed E-state index contributed by atoms with van der Waals surface area (Å²) in [5.41, 5.74) is 0.575. The van der Waals surface area contributed by atoms with Gasteiger partial charge in [0.05, 0.1) is 17.0 Å². The summed E-state index contributed by atoms with van der Waals surface area (Å²) in [6.07, 6.45) is 5.80. The molecular formula is C36H56N6O6. The van der Waals surface area contributed by atoms with Gasteiger partial charge < -0.3 is 20.4 Å². The first kappa shape index (κ1) is 38.6. The predicted octanol–water partition coefficient (Wildman–Crippen LogP) is 4.43.